The molecule has 0 bridgehead atoms. The lowest BCUT2D eigenvalue weighted by molar-refractivity contribution is 0.826. The first-order valence-corrected chi connectivity index (χ1v) is 3.51. The van der Waals surface area contributed by atoms with E-state index in [-0.39, 0.29) is 0 Å². The van der Waals surface area contributed by atoms with E-state index in [1.807, 2.05) is 13.8 Å². The van der Waals surface area contributed by atoms with Crippen molar-refractivity contribution < 1.29 is 0 Å². The Morgan fingerprint density at radius 3 is 2.20 bits per heavy atom. The summed E-state index contributed by atoms with van der Waals surface area (Å²) in [6.07, 6.45) is 2.14. The van der Waals surface area contributed by atoms with Crippen LogP contribution in [0.3, 0.4) is 0 Å². The first kappa shape index (κ1) is 9.21. The van der Waals surface area contributed by atoms with Gasteiger partial charge in [-0.15, -0.1) is 0 Å². The lowest BCUT2D eigenvalue weighted by Gasteiger charge is -2.00. The van der Waals surface area contributed by atoms with Crippen LogP contribution >= 0.6 is 0 Å². The summed E-state index contributed by atoms with van der Waals surface area (Å²) in [6.45, 7) is 8.19. The molecule has 0 radical (unpaired) electrons. The van der Waals surface area contributed by atoms with Crippen LogP contribution in [0.4, 0.5) is 0 Å². The molecule has 2 N–H and O–H groups in total. The minimum absolute atomic E-state index is 0.566. The fourth-order valence-electron chi connectivity index (χ4n) is 0.722. The van der Waals surface area contributed by atoms with Crippen LogP contribution in [-0.4, -0.2) is 5.71 Å². The number of rotatable bonds is 2. The zero-order valence-electron chi connectivity index (χ0n) is 7.18. The van der Waals surface area contributed by atoms with Crippen molar-refractivity contribution in [1.29, 1.82) is 0 Å². The fraction of sp³-hybridized carbons (Fsp3) is 0.625. The van der Waals surface area contributed by atoms with Crippen LogP contribution in [0.1, 0.15) is 27.7 Å². The summed E-state index contributed by atoms with van der Waals surface area (Å²) in [5, 5.41) is 3.59. The van der Waals surface area contributed by atoms with Crippen LogP contribution in [0.5, 0.6) is 0 Å². The smallest absolute Gasteiger partial charge is 0.0595 e. The average Bonchev–Trinajstić information content (AvgIpc) is 1.85. The van der Waals surface area contributed by atoms with Gasteiger partial charge >= 0.3 is 0 Å². The third-order valence-corrected chi connectivity index (χ3v) is 1.35. The molecule has 0 saturated carbocycles. The van der Waals surface area contributed by atoms with E-state index in [1.54, 1.807) is 0 Å². The molecular formula is C8H16N2. The number of allylic oxidation sites excluding steroid dienone is 2. The Kier molecular flexibility index (Phi) is 3.77. The van der Waals surface area contributed by atoms with Crippen molar-refractivity contribution in [2.75, 3.05) is 0 Å². The van der Waals surface area contributed by atoms with Gasteiger partial charge in [0.1, 0.15) is 0 Å². The van der Waals surface area contributed by atoms with Crippen molar-refractivity contribution in [3.8, 4) is 0 Å². The highest BCUT2D eigenvalue weighted by molar-refractivity contribution is 5.97. The second kappa shape index (κ2) is 4.09. The molecule has 0 aliphatic rings. The van der Waals surface area contributed by atoms with Crippen LogP contribution in [-0.2, 0) is 0 Å². The molecule has 2 heteroatoms. The number of nitrogens with zero attached hydrogens (tertiary/aromatic N) is 1. The molecule has 0 saturated heterocycles. The summed E-state index contributed by atoms with van der Waals surface area (Å²) in [6, 6.07) is 0. The lowest BCUT2D eigenvalue weighted by Crippen LogP contribution is -1.99. The van der Waals surface area contributed by atoms with Crippen molar-refractivity contribution in [1.82, 2.24) is 0 Å². The standard InChI is InChI=1S/C8H16N2/c1-6(2)5-7(3)8(4)10-9/h5-6H,9H2,1-4H3/b7-5-,10-8-. The predicted octanol–water partition coefficient (Wildman–Crippen LogP) is 1.92. The van der Waals surface area contributed by atoms with Crippen molar-refractivity contribution in [2.45, 2.75) is 27.7 Å². The summed E-state index contributed by atoms with van der Waals surface area (Å²) in [4.78, 5) is 0. The van der Waals surface area contributed by atoms with Crippen LogP contribution in [0.15, 0.2) is 16.8 Å². The zero-order chi connectivity index (χ0) is 8.15. The molecule has 0 aliphatic carbocycles. The molecule has 2 nitrogen and oxygen atoms in total. The average molecular weight is 140 g/mol. The van der Waals surface area contributed by atoms with E-state index in [2.05, 4.69) is 25.0 Å². The maximum atomic E-state index is 5.10. The first-order chi connectivity index (χ1) is 4.57. The Morgan fingerprint density at radius 2 is 1.90 bits per heavy atom. The Hall–Kier alpha value is -0.790. The van der Waals surface area contributed by atoms with Crippen LogP contribution < -0.4 is 5.84 Å². The molecular weight excluding hydrogens is 124 g/mol. The second-order valence-corrected chi connectivity index (χ2v) is 2.81. The van der Waals surface area contributed by atoms with Crippen molar-refractivity contribution in [3.63, 3.8) is 0 Å². The number of hydrogen-bond donors (Lipinski definition) is 1. The first-order valence-electron chi connectivity index (χ1n) is 3.51. The summed E-state index contributed by atoms with van der Waals surface area (Å²) < 4.78 is 0. The molecule has 0 aliphatic heterocycles. The molecule has 0 heterocycles. The highest BCUT2D eigenvalue weighted by Gasteiger charge is 1.94. The normalized spacial score (nSPS) is 14.5. The Bertz CT molecular complexity index is 155. The zero-order valence-corrected chi connectivity index (χ0v) is 7.18. The minimum Gasteiger partial charge on any atom is -0.323 e. The largest absolute Gasteiger partial charge is 0.323 e. The van der Waals surface area contributed by atoms with Gasteiger partial charge in [-0.05, 0) is 25.3 Å². The Balaban J connectivity index is 4.20. The molecule has 0 atom stereocenters. The van der Waals surface area contributed by atoms with Gasteiger partial charge < -0.3 is 5.84 Å². The van der Waals surface area contributed by atoms with Gasteiger partial charge in [-0.1, -0.05) is 19.9 Å². The highest BCUT2D eigenvalue weighted by atomic mass is 15.1. The topological polar surface area (TPSA) is 38.4 Å². The van der Waals surface area contributed by atoms with Gasteiger partial charge in [0.05, 0.1) is 5.71 Å². The van der Waals surface area contributed by atoms with Crippen LogP contribution in [0.25, 0.3) is 0 Å². The maximum Gasteiger partial charge on any atom is 0.0595 e. The van der Waals surface area contributed by atoms with E-state index >= 15 is 0 Å². The van der Waals surface area contributed by atoms with Crippen molar-refractivity contribution in [3.05, 3.63) is 11.6 Å². The van der Waals surface area contributed by atoms with Gasteiger partial charge in [0.15, 0.2) is 0 Å². The second-order valence-electron chi connectivity index (χ2n) is 2.81. The molecule has 0 unspecified atom stereocenters. The van der Waals surface area contributed by atoms with E-state index in [1.165, 1.54) is 0 Å². The summed E-state index contributed by atoms with van der Waals surface area (Å²) in [7, 11) is 0. The molecule has 0 fully saturated rings. The van der Waals surface area contributed by atoms with Crippen LogP contribution in [0, 0.1) is 5.92 Å². The number of hydrogen-bond acceptors (Lipinski definition) is 2. The van der Waals surface area contributed by atoms with E-state index in [0.29, 0.717) is 5.92 Å². The molecule has 0 aromatic carbocycles. The fourth-order valence-corrected chi connectivity index (χ4v) is 0.722. The minimum atomic E-state index is 0.566. The number of hydrazone groups is 1. The van der Waals surface area contributed by atoms with Gasteiger partial charge in [0.2, 0.25) is 0 Å². The van der Waals surface area contributed by atoms with Gasteiger partial charge in [-0.25, -0.2) is 0 Å². The van der Waals surface area contributed by atoms with Crippen molar-refractivity contribution in [2.24, 2.45) is 16.9 Å². The van der Waals surface area contributed by atoms with E-state index in [4.69, 9.17) is 5.84 Å². The highest BCUT2D eigenvalue weighted by Crippen LogP contribution is 2.02. The third-order valence-electron chi connectivity index (χ3n) is 1.35. The van der Waals surface area contributed by atoms with Gasteiger partial charge in [0, 0.05) is 0 Å². The SMILES string of the molecule is CC(=C/C(C)C)/C(C)=N\N. The van der Waals surface area contributed by atoms with Gasteiger partial charge in [-0.2, -0.15) is 5.10 Å². The maximum absolute atomic E-state index is 5.10. The monoisotopic (exact) mass is 140 g/mol. The Labute approximate surface area is 62.8 Å². The van der Waals surface area contributed by atoms with Gasteiger partial charge in [-0.3, -0.25) is 0 Å². The van der Waals surface area contributed by atoms with Gasteiger partial charge in [0.25, 0.3) is 0 Å². The summed E-state index contributed by atoms with van der Waals surface area (Å²) in [5.41, 5.74) is 2.08. The molecule has 10 heavy (non-hydrogen) atoms. The molecule has 0 spiro atoms. The van der Waals surface area contributed by atoms with Crippen molar-refractivity contribution >= 4 is 5.71 Å². The Morgan fingerprint density at radius 1 is 1.40 bits per heavy atom. The van der Waals surface area contributed by atoms with E-state index in [9.17, 15) is 0 Å². The van der Waals surface area contributed by atoms with E-state index < -0.39 is 0 Å². The van der Waals surface area contributed by atoms with E-state index in [0.717, 1.165) is 11.3 Å². The quantitative estimate of drug-likeness (QED) is 0.355. The summed E-state index contributed by atoms with van der Waals surface area (Å²) in [5.74, 6) is 5.66. The molecule has 58 valence electrons. The molecule has 0 aromatic heterocycles. The predicted molar refractivity (Wildman–Crippen MR) is 45.9 cm³/mol. The molecule has 0 amide bonds. The van der Waals surface area contributed by atoms with Crippen LogP contribution in [0.2, 0.25) is 0 Å². The summed E-state index contributed by atoms with van der Waals surface area (Å²) >= 11 is 0. The number of nitrogens with two attached hydrogens (primary N) is 1. The molecule has 0 rings (SSSR count). The lowest BCUT2D eigenvalue weighted by atomic mass is 10.1. The molecule has 0 aromatic rings. The third kappa shape index (κ3) is 3.28.